The topological polar surface area (TPSA) is 129 Å². The SMILES string of the molecule is C=Cc1c2[nH]c(c1C)/C=C1\NC(C3=c4[n-]c(c(C)c4=C(O)[C@@H]3C(=O)OC)/C=c3\[n-]/c(c(C)c3CC)=C\2)[C@@H](CCC(=O)OC/C=C(/C)CCC[C@H](C)CCC[C@H](C)CCCC(C)C)[C@@H]1C.[Mg+2]. The van der Waals surface area contributed by atoms with E-state index in [1.807, 2.05) is 25.2 Å². The Labute approximate surface area is 404 Å². The van der Waals surface area contributed by atoms with Gasteiger partial charge in [-0.25, -0.2) is 0 Å². The van der Waals surface area contributed by atoms with Gasteiger partial charge < -0.3 is 34.8 Å². The molecule has 3 N–H and O–H groups in total. The Hall–Kier alpha value is -4.15. The summed E-state index contributed by atoms with van der Waals surface area (Å²) in [5.41, 5.74) is 10.5. The fourth-order valence-electron chi connectivity index (χ4n) is 10.5. The zero-order valence-corrected chi connectivity index (χ0v) is 42.9. The molecule has 65 heavy (non-hydrogen) atoms. The molecule has 0 aromatic carbocycles. The molecule has 1 saturated heterocycles. The van der Waals surface area contributed by atoms with E-state index in [1.165, 1.54) is 57.6 Å². The number of nitrogens with one attached hydrogen (secondary N) is 2. The zero-order valence-electron chi connectivity index (χ0n) is 41.5. The summed E-state index contributed by atoms with van der Waals surface area (Å²) in [6.07, 6.45) is 23.0. The van der Waals surface area contributed by atoms with E-state index in [9.17, 15) is 14.7 Å². The number of ether oxygens (including phenoxy) is 2. The molecule has 9 nitrogen and oxygen atoms in total. The number of rotatable bonds is 20. The van der Waals surface area contributed by atoms with Gasteiger partial charge in [-0.15, -0.1) is 21.7 Å². The number of methoxy groups -OCH3 is 1. The number of hydrogen-bond donors (Lipinski definition) is 3. The number of hydrogen-bond acceptors (Lipinski definition) is 6. The predicted molar refractivity (Wildman–Crippen MR) is 267 cm³/mol. The fourth-order valence-corrected chi connectivity index (χ4v) is 10.5. The van der Waals surface area contributed by atoms with E-state index in [0.717, 1.165) is 92.6 Å². The first kappa shape index (κ1) is 51.8. The van der Waals surface area contributed by atoms with Crippen LogP contribution in [0.5, 0.6) is 0 Å². The van der Waals surface area contributed by atoms with Crippen LogP contribution < -0.4 is 36.6 Å². The molecule has 0 amide bonds. The van der Waals surface area contributed by atoms with Crippen molar-refractivity contribution in [2.45, 2.75) is 152 Å². The van der Waals surface area contributed by atoms with Crippen molar-refractivity contribution in [3.8, 4) is 0 Å². The van der Waals surface area contributed by atoms with Crippen molar-refractivity contribution in [1.82, 2.24) is 20.3 Å². The van der Waals surface area contributed by atoms with Crippen LogP contribution in [0.3, 0.4) is 0 Å². The van der Waals surface area contributed by atoms with Crippen LogP contribution >= 0.6 is 0 Å². The summed E-state index contributed by atoms with van der Waals surface area (Å²) in [6.45, 7) is 26.4. The molecule has 10 heteroatoms. The molecule has 348 valence electrons. The number of carbonyl (C=O) groups is 2. The van der Waals surface area contributed by atoms with Crippen LogP contribution in [0.25, 0.3) is 35.6 Å². The minimum atomic E-state index is -1.03. The fraction of sp³-hybridized carbons (Fsp3) is 0.564. The summed E-state index contributed by atoms with van der Waals surface area (Å²) in [5, 5.41) is 18.6. The van der Waals surface area contributed by atoms with Crippen molar-refractivity contribution in [3.05, 3.63) is 90.1 Å². The summed E-state index contributed by atoms with van der Waals surface area (Å²) >= 11 is 0. The third kappa shape index (κ3) is 11.7. The van der Waals surface area contributed by atoms with E-state index in [-0.39, 0.29) is 59.6 Å². The average molecular weight is 898 g/mol. The van der Waals surface area contributed by atoms with E-state index in [0.29, 0.717) is 28.3 Å². The van der Waals surface area contributed by atoms with Crippen LogP contribution in [0.4, 0.5) is 0 Å². The second-order valence-electron chi connectivity index (χ2n) is 19.8. The number of allylic oxidation sites excluding steroid dienone is 2. The molecular formula is C55H76MgN4O5. The maximum atomic E-state index is 13.7. The van der Waals surface area contributed by atoms with Crippen LogP contribution in [0.2, 0.25) is 0 Å². The second-order valence-corrected chi connectivity index (χ2v) is 19.8. The molecular weight excluding hydrogens is 821 g/mol. The first-order chi connectivity index (χ1) is 30.6. The molecule has 3 aromatic heterocycles. The predicted octanol–water partition coefficient (Wildman–Crippen LogP) is 8.24. The van der Waals surface area contributed by atoms with Crippen LogP contribution in [0.1, 0.15) is 164 Å². The van der Waals surface area contributed by atoms with E-state index in [1.54, 1.807) is 0 Å². The number of esters is 2. The number of carbonyl (C=O) groups excluding carboxylic acids is 2. The minimum Gasteiger partial charge on any atom is -0.657 e. The largest absolute Gasteiger partial charge is 2.00 e. The Morgan fingerprint density at radius 1 is 0.892 bits per heavy atom. The molecule has 1 fully saturated rings. The van der Waals surface area contributed by atoms with Crippen molar-refractivity contribution in [2.75, 3.05) is 13.7 Å². The Morgan fingerprint density at radius 3 is 2.22 bits per heavy atom. The number of aliphatic hydroxyl groups is 1. The molecule has 0 radical (unpaired) electrons. The molecule has 8 bridgehead atoms. The smallest absolute Gasteiger partial charge is 0.657 e. The number of H-pyrrole nitrogens is 1. The van der Waals surface area contributed by atoms with E-state index >= 15 is 0 Å². The minimum absolute atomic E-state index is 0. The first-order valence-corrected chi connectivity index (χ1v) is 24.3. The maximum Gasteiger partial charge on any atom is 2.00 e. The third-order valence-corrected chi connectivity index (χ3v) is 14.7. The van der Waals surface area contributed by atoms with Crippen LogP contribution in [0.15, 0.2) is 23.9 Å². The van der Waals surface area contributed by atoms with Crippen LogP contribution in [-0.2, 0) is 25.5 Å². The van der Waals surface area contributed by atoms with Crippen molar-refractivity contribution >= 4 is 70.6 Å². The number of aromatic amines is 1. The van der Waals surface area contributed by atoms with Gasteiger partial charge in [-0.1, -0.05) is 134 Å². The molecule has 6 rings (SSSR count). The second kappa shape index (κ2) is 23.0. The first-order valence-electron chi connectivity index (χ1n) is 24.3. The standard InChI is InChI=1S/C55H76N4O5.Mg/c1-13-39-35(8)42-28-44-37(10)41(24-25-48(60)64-27-26-34(7)23-17-22-33(6)21-16-20-32(5)19-15-18-31(3)4)52(58-44)50-51(55(62)63-12)54(61)49-38(11)45(59-53(49)50)30-47-40(14-2)36(9)43(57-47)29-46(39)56-42;/h13,26,28-33,37,41,51-52,56,58,61H,1,14-25,27H2,2-12H3;/q-2;+2/b34-26-,43-29-,44-28-,47-30-;/t32-,33-,37+,41+,51-,52?;/m1./s1. The van der Waals surface area contributed by atoms with Gasteiger partial charge in [0.25, 0.3) is 0 Å². The summed E-state index contributed by atoms with van der Waals surface area (Å²) < 4.78 is 11.2. The van der Waals surface area contributed by atoms with Gasteiger partial charge >= 0.3 is 35.0 Å². The Balaban J connectivity index is 0.00000793. The molecule has 1 unspecified atom stereocenters. The van der Waals surface area contributed by atoms with Crippen molar-refractivity contribution in [1.29, 1.82) is 0 Å². The van der Waals surface area contributed by atoms with Gasteiger partial charge in [-0.2, -0.15) is 0 Å². The van der Waals surface area contributed by atoms with Crippen LogP contribution in [-0.4, -0.2) is 64.8 Å². The molecule has 6 atom stereocenters. The molecule has 3 aliphatic rings. The van der Waals surface area contributed by atoms with Gasteiger partial charge in [0.2, 0.25) is 0 Å². The summed E-state index contributed by atoms with van der Waals surface area (Å²) in [6, 6.07) is -0.434. The number of aliphatic hydroxyl groups excluding tert-OH is 1. The quantitative estimate of drug-likeness (QED) is 0.0588. The number of nitrogens with zero attached hydrogens (tertiary/aromatic N) is 2. The van der Waals surface area contributed by atoms with Gasteiger partial charge in [0, 0.05) is 40.2 Å². The molecule has 5 heterocycles. The van der Waals surface area contributed by atoms with Gasteiger partial charge in [-0.05, 0) is 100 Å². The van der Waals surface area contributed by atoms with Gasteiger partial charge in [0.05, 0.1) is 13.2 Å². The number of fused-ring (bicyclic) bond motifs is 8. The monoisotopic (exact) mass is 897 g/mol. The molecule has 0 spiro atoms. The van der Waals surface area contributed by atoms with E-state index < -0.39 is 17.9 Å². The summed E-state index contributed by atoms with van der Waals surface area (Å²) in [4.78, 5) is 41.1. The van der Waals surface area contributed by atoms with E-state index in [4.69, 9.17) is 19.4 Å². The molecule has 0 saturated carbocycles. The van der Waals surface area contributed by atoms with Crippen molar-refractivity contribution in [2.24, 2.45) is 35.5 Å². The van der Waals surface area contributed by atoms with Gasteiger partial charge in [0.15, 0.2) is 0 Å². The van der Waals surface area contributed by atoms with E-state index in [2.05, 4.69) is 91.3 Å². The number of aromatic nitrogens is 3. The maximum absolute atomic E-state index is 13.7. The normalized spacial score (nSPS) is 21.7. The molecule has 3 aromatic rings. The zero-order chi connectivity index (χ0) is 46.4. The Bertz CT molecular complexity index is 2510. The Morgan fingerprint density at radius 2 is 1.57 bits per heavy atom. The van der Waals surface area contributed by atoms with Crippen molar-refractivity contribution in [3.63, 3.8) is 0 Å². The van der Waals surface area contributed by atoms with Gasteiger partial charge in [0.1, 0.15) is 18.3 Å². The van der Waals surface area contributed by atoms with Crippen molar-refractivity contribution < 1.29 is 24.2 Å². The molecule has 2 aliphatic heterocycles. The van der Waals surface area contributed by atoms with Gasteiger partial charge in [-0.3, -0.25) is 9.59 Å². The molecule has 1 aliphatic carbocycles. The summed E-state index contributed by atoms with van der Waals surface area (Å²) in [7, 11) is 1.35. The Kier molecular flexibility index (Phi) is 18.4. The third-order valence-electron chi connectivity index (χ3n) is 14.7. The average Bonchev–Trinajstić information content (AvgIpc) is 3.99. The van der Waals surface area contributed by atoms with Crippen LogP contribution in [0, 0.1) is 56.3 Å². The summed E-state index contributed by atoms with van der Waals surface area (Å²) in [5.74, 6) is 0.262.